The Labute approximate surface area is 165 Å². The number of aromatic nitrogens is 1. The van der Waals surface area contributed by atoms with Gasteiger partial charge in [-0.15, -0.1) is 0 Å². The number of hydrazone groups is 1. The minimum Gasteiger partial charge on any atom is -0.318 e. The van der Waals surface area contributed by atoms with E-state index in [2.05, 4.69) is 14.7 Å². The highest BCUT2D eigenvalue weighted by Crippen LogP contribution is 2.29. The van der Waals surface area contributed by atoms with Crippen LogP contribution < -0.4 is 0 Å². The van der Waals surface area contributed by atoms with E-state index in [1.54, 1.807) is 6.08 Å². The summed E-state index contributed by atoms with van der Waals surface area (Å²) in [7, 11) is 0. The second-order valence-electron chi connectivity index (χ2n) is 6.28. The van der Waals surface area contributed by atoms with E-state index >= 15 is 0 Å². The molecule has 0 atom stereocenters. The normalized spacial score (nSPS) is 18.1. The van der Waals surface area contributed by atoms with Crippen molar-refractivity contribution in [2.45, 2.75) is 20.8 Å². The van der Waals surface area contributed by atoms with Gasteiger partial charge in [0.05, 0.1) is 10.6 Å². The van der Waals surface area contributed by atoms with Crippen LogP contribution in [0.15, 0.2) is 46.0 Å². The molecule has 3 heterocycles. The molecule has 0 saturated carbocycles. The number of nitrogens with zero attached hydrogens (tertiary/aromatic N) is 4. The van der Waals surface area contributed by atoms with Gasteiger partial charge in [-0.1, -0.05) is 17.7 Å². The van der Waals surface area contributed by atoms with Gasteiger partial charge in [0.25, 0.3) is 5.91 Å². The summed E-state index contributed by atoms with van der Waals surface area (Å²) in [5.74, 6) is -0.377. The number of amides is 1. The van der Waals surface area contributed by atoms with E-state index in [4.69, 9.17) is 17.0 Å². The van der Waals surface area contributed by atoms with Crippen LogP contribution in [0.1, 0.15) is 23.9 Å². The minimum atomic E-state index is -0.420. The molecule has 0 spiro atoms. The highest BCUT2D eigenvalue weighted by molar-refractivity contribution is 8.26. The number of benzene rings is 1. The first-order chi connectivity index (χ1) is 12.8. The molecule has 0 aliphatic carbocycles. The van der Waals surface area contributed by atoms with Crippen molar-refractivity contribution in [1.29, 1.82) is 5.41 Å². The Morgan fingerprint density at radius 3 is 2.74 bits per heavy atom. The van der Waals surface area contributed by atoms with Crippen molar-refractivity contribution in [1.82, 2.24) is 9.58 Å². The number of carbonyl (C=O) groups is 1. The van der Waals surface area contributed by atoms with Crippen molar-refractivity contribution in [2.24, 2.45) is 10.1 Å². The van der Waals surface area contributed by atoms with Gasteiger partial charge >= 0.3 is 0 Å². The van der Waals surface area contributed by atoms with Gasteiger partial charge < -0.3 is 4.57 Å². The Bertz CT molecular complexity index is 1100. The zero-order valence-corrected chi connectivity index (χ0v) is 16.5. The van der Waals surface area contributed by atoms with Gasteiger partial charge in [0.1, 0.15) is 0 Å². The Kier molecular flexibility index (Phi) is 4.28. The predicted octanol–water partition coefficient (Wildman–Crippen LogP) is 4.39. The number of halogens is 1. The summed E-state index contributed by atoms with van der Waals surface area (Å²) >= 11 is 7.42. The van der Waals surface area contributed by atoms with Crippen LogP contribution in [0.4, 0.5) is 0 Å². The molecule has 0 saturated heterocycles. The third-order valence-electron chi connectivity index (χ3n) is 4.39. The number of carbonyl (C=O) groups excluding carboxylic acids is 1. The molecule has 0 fully saturated rings. The standard InChI is InChI=1S/C19H16ClN5OS/c1-10-7-13(11(2)24(10)15-6-4-5-14(20)9-15)8-16-17(21)25-19(22-18(16)26)27-12(3)23-25/h4-9,21H,1-3H3/b16-8+,21-17?. The minimum absolute atomic E-state index is 0.0434. The van der Waals surface area contributed by atoms with E-state index in [0.29, 0.717) is 10.2 Å². The lowest BCUT2D eigenvalue weighted by Gasteiger charge is -2.20. The van der Waals surface area contributed by atoms with Gasteiger partial charge in [0, 0.05) is 22.1 Å². The van der Waals surface area contributed by atoms with Crippen LogP contribution in [-0.4, -0.2) is 31.5 Å². The fourth-order valence-electron chi connectivity index (χ4n) is 3.19. The third kappa shape index (κ3) is 3.02. The molecule has 0 bridgehead atoms. The fourth-order valence-corrected chi connectivity index (χ4v) is 4.11. The van der Waals surface area contributed by atoms with Crippen molar-refractivity contribution in [2.75, 3.05) is 0 Å². The summed E-state index contributed by atoms with van der Waals surface area (Å²) in [6.45, 7) is 5.79. The number of nitrogens with one attached hydrogen (secondary N) is 1. The number of aliphatic imine (C=N–C) groups is 1. The van der Waals surface area contributed by atoms with E-state index in [1.165, 1.54) is 16.8 Å². The molecule has 6 nitrogen and oxygen atoms in total. The maximum absolute atomic E-state index is 12.5. The number of amidine groups is 2. The molecule has 2 aliphatic rings. The molecule has 0 radical (unpaired) electrons. The highest BCUT2D eigenvalue weighted by atomic mass is 35.5. The largest absolute Gasteiger partial charge is 0.318 e. The zero-order chi connectivity index (χ0) is 19.3. The number of aryl methyl sites for hydroxylation is 1. The second kappa shape index (κ2) is 6.51. The van der Waals surface area contributed by atoms with Crippen LogP contribution in [0.25, 0.3) is 11.8 Å². The molecule has 1 aromatic heterocycles. The topological polar surface area (TPSA) is 73.8 Å². The predicted molar refractivity (Wildman–Crippen MR) is 111 cm³/mol. The van der Waals surface area contributed by atoms with E-state index in [9.17, 15) is 4.79 Å². The Morgan fingerprint density at radius 1 is 1.22 bits per heavy atom. The summed E-state index contributed by atoms with van der Waals surface area (Å²) in [6, 6.07) is 9.58. The van der Waals surface area contributed by atoms with Gasteiger partial charge in [-0.25, -0.2) is 0 Å². The van der Waals surface area contributed by atoms with Crippen molar-refractivity contribution in [3.8, 4) is 5.69 Å². The smallest absolute Gasteiger partial charge is 0.283 e. The second-order valence-corrected chi connectivity index (χ2v) is 7.88. The summed E-state index contributed by atoms with van der Waals surface area (Å²) in [5.41, 5.74) is 3.99. The molecule has 27 heavy (non-hydrogen) atoms. The lowest BCUT2D eigenvalue weighted by molar-refractivity contribution is -0.114. The molecule has 1 amide bonds. The van der Waals surface area contributed by atoms with Crippen LogP contribution >= 0.6 is 23.4 Å². The first kappa shape index (κ1) is 17.8. The number of thioether (sulfide) groups is 1. The SMILES string of the molecule is CC1=NN2C(=N)/C(=C\c3cc(C)n(-c4cccc(Cl)c4)c3C)C(=O)N=C2S1. The first-order valence-electron chi connectivity index (χ1n) is 8.27. The van der Waals surface area contributed by atoms with Gasteiger partial charge in [0.2, 0.25) is 5.17 Å². The van der Waals surface area contributed by atoms with Crippen LogP contribution in [0.2, 0.25) is 5.02 Å². The molecule has 4 rings (SSSR count). The van der Waals surface area contributed by atoms with Crippen LogP contribution in [0.5, 0.6) is 0 Å². The number of hydrogen-bond donors (Lipinski definition) is 1. The number of fused-ring (bicyclic) bond motifs is 1. The average molecular weight is 398 g/mol. The number of rotatable bonds is 2. The van der Waals surface area contributed by atoms with Gasteiger partial charge in [-0.2, -0.15) is 15.1 Å². The number of hydrogen-bond acceptors (Lipinski definition) is 4. The maximum atomic E-state index is 12.5. The van der Waals surface area contributed by atoms with E-state index in [1.807, 2.05) is 51.1 Å². The molecule has 136 valence electrons. The molecule has 2 aromatic rings. The summed E-state index contributed by atoms with van der Waals surface area (Å²) in [5, 5.41) is 15.9. The highest BCUT2D eigenvalue weighted by Gasteiger charge is 2.34. The lowest BCUT2D eigenvalue weighted by Crippen LogP contribution is -2.35. The molecule has 0 unspecified atom stereocenters. The quantitative estimate of drug-likeness (QED) is 0.764. The van der Waals surface area contributed by atoms with E-state index in [-0.39, 0.29) is 11.4 Å². The van der Waals surface area contributed by atoms with Crippen LogP contribution in [0.3, 0.4) is 0 Å². The summed E-state index contributed by atoms with van der Waals surface area (Å²) in [6.07, 6.45) is 1.71. The van der Waals surface area contributed by atoms with E-state index in [0.717, 1.165) is 27.7 Å². The molecule has 8 heteroatoms. The molecule has 2 aliphatic heterocycles. The van der Waals surface area contributed by atoms with Gasteiger partial charge in [-0.3, -0.25) is 10.2 Å². The fraction of sp³-hybridized carbons (Fsp3) is 0.158. The molecular formula is C19H16ClN5OS. The Morgan fingerprint density at radius 2 is 2.00 bits per heavy atom. The van der Waals surface area contributed by atoms with Crippen molar-refractivity contribution in [3.05, 3.63) is 57.9 Å². The third-order valence-corrected chi connectivity index (χ3v) is 5.45. The van der Waals surface area contributed by atoms with E-state index < -0.39 is 5.91 Å². The monoisotopic (exact) mass is 397 g/mol. The Hall–Kier alpha value is -2.64. The summed E-state index contributed by atoms with van der Waals surface area (Å²) < 4.78 is 2.07. The molecular weight excluding hydrogens is 382 g/mol. The molecule has 1 N–H and O–H groups in total. The average Bonchev–Trinajstić information content (AvgIpc) is 3.10. The van der Waals surface area contributed by atoms with Crippen molar-refractivity contribution in [3.63, 3.8) is 0 Å². The first-order valence-corrected chi connectivity index (χ1v) is 9.46. The van der Waals surface area contributed by atoms with Crippen LogP contribution in [-0.2, 0) is 4.79 Å². The zero-order valence-electron chi connectivity index (χ0n) is 14.9. The van der Waals surface area contributed by atoms with Gasteiger partial charge in [-0.05, 0) is 68.4 Å². The summed E-state index contributed by atoms with van der Waals surface area (Å²) in [4.78, 5) is 16.5. The molecule has 1 aromatic carbocycles. The lowest BCUT2D eigenvalue weighted by atomic mass is 10.1. The maximum Gasteiger partial charge on any atom is 0.283 e. The Balaban J connectivity index is 1.78. The van der Waals surface area contributed by atoms with Crippen LogP contribution in [0, 0.1) is 19.3 Å². The van der Waals surface area contributed by atoms with Crippen molar-refractivity contribution < 1.29 is 4.79 Å². The van der Waals surface area contributed by atoms with Gasteiger partial charge in [0.15, 0.2) is 5.84 Å². The van der Waals surface area contributed by atoms with Crippen molar-refractivity contribution >= 4 is 51.4 Å².